The molecule has 1 radical (unpaired) electrons. The number of rotatable bonds is 0. The van der Waals surface area contributed by atoms with Crippen molar-refractivity contribution in [3.8, 4) is 11.5 Å². The third-order valence-electron chi connectivity index (χ3n) is 1.84. The quantitative estimate of drug-likeness (QED) is 0.506. The first kappa shape index (κ1) is 21.8. The van der Waals surface area contributed by atoms with E-state index in [0.29, 0.717) is 0 Å². The van der Waals surface area contributed by atoms with Gasteiger partial charge in [0.05, 0.1) is 19.0 Å². The van der Waals surface area contributed by atoms with Gasteiger partial charge in [-0.05, 0) is 23.1 Å². The molecule has 5 N–H and O–H groups in total. The molecule has 0 unspecified atom stereocenters. The molecular weight excluding hydrogens is 293 g/mol. The second kappa shape index (κ2) is 9.57. The third kappa shape index (κ3) is 8.30. The number of phenols is 2. The van der Waals surface area contributed by atoms with Gasteiger partial charge >= 0.3 is 0 Å². The summed E-state index contributed by atoms with van der Waals surface area (Å²) in [5, 5.41) is 18.3. The Labute approximate surface area is 118 Å². The molecule has 1 aromatic rings. The van der Waals surface area contributed by atoms with Gasteiger partial charge in [-0.15, -0.1) is 0 Å². The number of phenolic OH excluding ortho intramolecular Hbond substituents is 2. The summed E-state index contributed by atoms with van der Waals surface area (Å²) in [6.07, 6.45) is 0. The molecular formula is C11H20ClCuNO3. The average molecular weight is 313 g/mol. The normalized spacial score (nSPS) is 9.24. The smallest absolute Gasteiger partial charge is 0.157 e. The Morgan fingerprint density at radius 1 is 1.12 bits per heavy atom. The van der Waals surface area contributed by atoms with E-state index in [9.17, 15) is 5.11 Å². The Balaban J connectivity index is -0.000000356. The van der Waals surface area contributed by atoms with Crippen LogP contribution in [-0.4, -0.2) is 17.3 Å². The van der Waals surface area contributed by atoms with Crippen molar-refractivity contribution in [2.45, 2.75) is 26.2 Å². The van der Waals surface area contributed by atoms with Crippen molar-refractivity contribution in [3.05, 3.63) is 23.8 Å². The fraction of sp³-hybridized carbons (Fsp3) is 0.455. The van der Waals surface area contributed by atoms with E-state index in [4.69, 9.17) is 5.11 Å². The molecule has 4 nitrogen and oxygen atoms in total. The summed E-state index contributed by atoms with van der Waals surface area (Å²) in [7, 11) is 1.39. The molecule has 0 atom stereocenters. The van der Waals surface area contributed by atoms with Gasteiger partial charge < -0.3 is 16.4 Å². The monoisotopic (exact) mass is 312 g/mol. The van der Waals surface area contributed by atoms with E-state index < -0.39 is 0 Å². The number of aromatic hydroxyl groups is 2. The molecule has 0 saturated heterocycles. The fourth-order valence-electron chi connectivity index (χ4n) is 0.990. The van der Waals surface area contributed by atoms with Gasteiger partial charge in [0.15, 0.2) is 11.5 Å². The first-order chi connectivity index (χ1) is 6.82. The van der Waals surface area contributed by atoms with Gasteiger partial charge in [-0.2, -0.15) is 0 Å². The van der Waals surface area contributed by atoms with Gasteiger partial charge in [-0.1, -0.05) is 26.8 Å². The van der Waals surface area contributed by atoms with E-state index in [-0.39, 0.29) is 40.1 Å². The molecule has 6 heteroatoms. The predicted molar refractivity (Wildman–Crippen MR) is 66.4 cm³/mol. The van der Waals surface area contributed by atoms with Crippen LogP contribution in [0.25, 0.3) is 0 Å². The minimum atomic E-state index is -0.0667. The number of hydrogen-bond donors (Lipinski definition) is 3. The Kier molecular flexibility index (Phi) is 12.3. The molecule has 0 aliphatic heterocycles. The van der Waals surface area contributed by atoms with Crippen LogP contribution in [0.1, 0.15) is 26.3 Å². The van der Waals surface area contributed by atoms with Crippen LogP contribution < -0.4 is 6.15 Å². The maximum absolute atomic E-state index is 9.21. The summed E-state index contributed by atoms with van der Waals surface area (Å²) < 4.78 is 3.72. The molecule has 1 aromatic carbocycles. The van der Waals surface area contributed by atoms with Crippen molar-refractivity contribution in [2.24, 2.45) is 0 Å². The molecule has 0 heterocycles. The maximum atomic E-state index is 9.21. The number of benzene rings is 1. The van der Waals surface area contributed by atoms with E-state index >= 15 is 0 Å². The van der Waals surface area contributed by atoms with E-state index in [1.165, 1.54) is 13.2 Å². The fourth-order valence-corrected chi connectivity index (χ4v) is 0.990. The van der Waals surface area contributed by atoms with Crippen LogP contribution in [0.3, 0.4) is 0 Å². The van der Waals surface area contributed by atoms with E-state index in [2.05, 4.69) is 36.9 Å². The van der Waals surface area contributed by atoms with Crippen molar-refractivity contribution >= 4 is 11.9 Å². The van der Waals surface area contributed by atoms with Gasteiger partial charge in [-0.25, -0.2) is 0 Å². The first-order valence-electron chi connectivity index (χ1n) is 4.50. The minimum absolute atomic E-state index is 0. The zero-order chi connectivity index (χ0) is 12.1. The molecule has 0 aliphatic rings. The van der Waals surface area contributed by atoms with Crippen molar-refractivity contribution < 1.29 is 31.6 Å². The van der Waals surface area contributed by atoms with Crippen LogP contribution in [0.2, 0.25) is 0 Å². The second-order valence-electron chi connectivity index (χ2n) is 4.11. The van der Waals surface area contributed by atoms with Crippen molar-refractivity contribution in [2.75, 3.05) is 7.11 Å². The minimum Gasteiger partial charge on any atom is -0.504 e. The average Bonchev–Trinajstić information content (AvgIpc) is 2.09. The molecule has 0 aromatic heterocycles. The largest absolute Gasteiger partial charge is 0.504 e. The first-order valence-corrected chi connectivity index (χ1v) is 4.81. The van der Waals surface area contributed by atoms with Crippen LogP contribution in [0.5, 0.6) is 11.5 Å². The van der Waals surface area contributed by atoms with Crippen molar-refractivity contribution in [1.82, 2.24) is 6.15 Å². The SMILES string of the molecule is CC(C)(C)c1ccc(O)c(O)c1.COCl.N.[Cu]. The van der Waals surface area contributed by atoms with E-state index in [0.717, 1.165) is 5.56 Å². The molecule has 0 amide bonds. The zero-order valence-corrected chi connectivity index (χ0v) is 12.1. The summed E-state index contributed by atoms with van der Waals surface area (Å²) in [4.78, 5) is 0. The Morgan fingerprint density at radius 2 is 1.53 bits per heavy atom. The Hall–Kier alpha value is -0.451. The van der Waals surface area contributed by atoms with Crippen LogP contribution in [-0.2, 0) is 26.8 Å². The van der Waals surface area contributed by atoms with Crippen molar-refractivity contribution in [1.29, 1.82) is 0 Å². The van der Waals surface area contributed by atoms with Crippen LogP contribution in [0.15, 0.2) is 18.2 Å². The Bertz CT molecular complexity index is 316. The standard InChI is InChI=1S/C10H14O2.CH3ClO.Cu.H3N/c1-10(2,3)7-4-5-8(11)9(12)6-7;1-3-2;;/h4-6,11-12H,1-3H3;1H3;;1H3. The van der Waals surface area contributed by atoms with Gasteiger partial charge in [0, 0.05) is 17.1 Å². The maximum Gasteiger partial charge on any atom is 0.157 e. The van der Waals surface area contributed by atoms with Gasteiger partial charge in [0.25, 0.3) is 0 Å². The summed E-state index contributed by atoms with van der Waals surface area (Å²) in [6.45, 7) is 6.16. The number of halogens is 1. The third-order valence-corrected chi connectivity index (χ3v) is 1.84. The zero-order valence-electron chi connectivity index (χ0n) is 10.4. The number of hydrogen-bond acceptors (Lipinski definition) is 4. The van der Waals surface area contributed by atoms with E-state index in [1.807, 2.05) is 6.07 Å². The summed E-state index contributed by atoms with van der Waals surface area (Å²) in [5.74, 6) is -0.120. The molecule has 1 rings (SSSR count). The van der Waals surface area contributed by atoms with Crippen molar-refractivity contribution in [3.63, 3.8) is 0 Å². The van der Waals surface area contributed by atoms with Gasteiger partial charge in [0.1, 0.15) is 0 Å². The van der Waals surface area contributed by atoms with Gasteiger partial charge in [-0.3, -0.25) is 4.29 Å². The topological polar surface area (TPSA) is 84.7 Å². The molecule has 0 aliphatic carbocycles. The molecule has 105 valence electrons. The summed E-state index contributed by atoms with van der Waals surface area (Å²) in [6, 6.07) is 4.92. The van der Waals surface area contributed by atoms with E-state index in [1.54, 1.807) is 6.07 Å². The van der Waals surface area contributed by atoms with Crippen LogP contribution >= 0.6 is 11.9 Å². The molecule has 0 saturated carbocycles. The molecule has 17 heavy (non-hydrogen) atoms. The summed E-state index contributed by atoms with van der Waals surface area (Å²) >= 11 is 4.50. The predicted octanol–water partition coefficient (Wildman–Crippen LogP) is 3.34. The van der Waals surface area contributed by atoms with Gasteiger partial charge in [0.2, 0.25) is 0 Å². The van der Waals surface area contributed by atoms with Crippen LogP contribution in [0, 0.1) is 0 Å². The molecule has 0 fully saturated rings. The Morgan fingerprint density at radius 3 is 1.82 bits per heavy atom. The second-order valence-corrected chi connectivity index (χ2v) is 4.42. The molecule has 0 bridgehead atoms. The molecule has 0 spiro atoms. The van der Waals surface area contributed by atoms with Crippen LogP contribution in [0.4, 0.5) is 0 Å². The summed E-state index contributed by atoms with van der Waals surface area (Å²) in [5.41, 5.74) is 1.02.